The van der Waals surface area contributed by atoms with Gasteiger partial charge in [-0.3, -0.25) is 0 Å². The zero-order chi connectivity index (χ0) is 11.4. The van der Waals surface area contributed by atoms with E-state index < -0.39 is 0 Å². The molecule has 16 heavy (non-hydrogen) atoms. The maximum absolute atomic E-state index is 5.82. The zero-order valence-corrected chi connectivity index (χ0v) is 10.9. The van der Waals surface area contributed by atoms with E-state index in [0.29, 0.717) is 0 Å². The second-order valence-corrected chi connectivity index (χ2v) is 4.79. The first-order valence-corrected chi connectivity index (χ1v) is 6.10. The van der Waals surface area contributed by atoms with Gasteiger partial charge < -0.3 is 0 Å². The molecule has 2 aromatic rings. The lowest BCUT2D eigenvalue weighted by Gasteiger charge is -1.96. The summed E-state index contributed by atoms with van der Waals surface area (Å²) in [5.74, 6) is 0. The Morgan fingerprint density at radius 3 is 2.25 bits per heavy atom. The summed E-state index contributed by atoms with van der Waals surface area (Å²) in [5.41, 5.74) is 2.31. The first kappa shape index (κ1) is 11.4. The number of hydrogen-bond acceptors (Lipinski definition) is 0. The first-order chi connectivity index (χ1) is 7.74. The minimum atomic E-state index is 0.764. The van der Waals surface area contributed by atoms with Gasteiger partial charge in [0.25, 0.3) is 0 Å². The van der Waals surface area contributed by atoms with Crippen LogP contribution in [-0.2, 0) is 0 Å². The van der Waals surface area contributed by atoms with Crippen molar-refractivity contribution in [1.29, 1.82) is 0 Å². The molecular weight excluding hydrogens is 284 g/mol. The Morgan fingerprint density at radius 2 is 1.56 bits per heavy atom. The highest BCUT2D eigenvalue weighted by Crippen LogP contribution is 2.15. The van der Waals surface area contributed by atoms with Crippen molar-refractivity contribution >= 4 is 39.7 Å². The van der Waals surface area contributed by atoms with Crippen LogP contribution in [0.2, 0.25) is 5.02 Å². The molecule has 0 aliphatic carbocycles. The molecule has 2 heteroatoms. The molecule has 0 amide bonds. The van der Waals surface area contributed by atoms with Crippen LogP contribution in [0.5, 0.6) is 0 Å². The maximum Gasteiger partial charge on any atom is 0.0406 e. The highest BCUT2D eigenvalue weighted by atomic mass is 79.9. The van der Waals surface area contributed by atoms with Gasteiger partial charge in [-0.25, -0.2) is 0 Å². The van der Waals surface area contributed by atoms with Crippen molar-refractivity contribution in [3.8, 4) is 0 Å². The SMILES string of the molecule is Clc1ccc(/C=C/c2cccc(Br)c2)cc1. The monoisotopic (exact) mass is 292 g/mol. The summed E-state index contributed by atoms with van der Waals surface area (Å²) >= 11 is 9.27. The number of benzene rings is 2. The van der Waals surface area contributed by atoms with Crippen molar-refractivity contribution in [2.45, 2.75) is 0 Å². The molecule has 0 bridgehead atoms. The average molecular weight is 294 g/mol. The van der Waals surface area contributed by atoms with Gasteiger partial charge >= 0.3 is 0 Å². The molecule has 0 saturated heterocycles. The van der Waals surface area contributed by atoms with Crippen LogP contribution in [0.15, 0.2) is 53.0 Å². The van der Waals surface area contributed by atoms with Gasteiger partial charge in [0.05, 0.1) is 0 Å². The molecule has 0 heterocycles. The second kappa shape index (κ2) is 5.33. The van der Waals surface area contributed by atoms with E-state index in [0.717, 1.165) is 15.1 Å². The van der Waals surface area contributed by atoms with Gasteiger partial charge in [-0.15, -0.1) is 0 Å². The molecule has 0 aliphatic rings. The van der Waals surface area contributed by atoms with E-state index >= 15 is 0 Å². The standard InChI is InChI=1S/C14H10BrCl/c15-13-3-1-2-12(10-13)5-4-11-6-8-14(16)9-7-11/h1-10H/b5-4+. The smallest absolute Gasteiger partial charge is 0.0406 e. The van der Waals surface area contributed by atoms with Crippen LogP contribution < -0.4 is 0 Å². The molecule has 0 aromatic heterocycles. The van der Waals surface area contributed by atoms with Crippen molar-refractivity contribution in [2.75, 3.05) is 0 Å². The predicted molar refractivity (Wildman–Crippen MR) is 74.5 cm³/mol. The Balaban J connectivity index is 2.18. The third-order valence-corrected chi connectivity index (χ3v) is 2.93. The van der Waals surface area contributed by atoms with E-state index in [9.17, 15) is 0 Å². The Kier molecular flexibility index (Phi) is 3.81. The van der Waals surface area contributed by atoms with E-state index in [4.69, 9.17) is 11.6 Å². The van der Waals surface area contributed by atoms with Crippen LogP contribution in [0, 0.1) is 0 Å². The van der Waals surface area contributed by atoms with Crippen molar-refractivity contribution < 1.29 is 0 Å². The van der Waals surface area contributed by atoms with Crippen molar-refractivity contribution in [3.63, 3.8) is 0 Å². The Bertz CT molecular complexity index is 500. The summed E-state index contributed by atoms with van der Waals surface area (Å²) in [4.78, 5) is 0. The van der Waals surface area contributed by atoms with Gasteiger partial charge in [0.2, 0.25) is 0 Å². The van der Waals surface area contributed by atoms with Gasteiger partial charge in [-0.1, -0.05) is 63.9 Å². The van der Waals surface area contributed by atoms with Crippen LogP contribution in [0.1, 0.15) is 11.1 Å². The van der Waals surface area contributed by atoms with Crippen molar-refractivity contribution in [3.05, 3.63) is 69.2 Å². The van der Waals surface area contributed by atoms with E-state index in [-0.39, 0.29) is 0 Å². The molecule has 0 fully saturated rings. The van der Waals surface area contributed by atoms with Crippen molar-refractivity contribution in [1.82, 2.24) is 0 Å². The lowest BCUT2D eigenvalue weighted by Crippen LogP contribution is -1.73. The topological polar surface area (TPSA) is 0 Å². The highest BCUT2D eigenvalue weighted by Gasteiger charge is 1.90. The van der Waals surface area contributed by atoms with Crippen LogP contribution in [0.25, 0.3) is 12.2 Å². The summed E-state index contributed by atoms with van der Waals surface area (Å²) in [7, 11) is 0. The molecule has 0 radical (unpaired) electrons. The molecule has 80 valence electrons. The summed E-state index contributed by atoms with van der Waals surface area (Å²) < 4.78 is 1.09. The molecule has 0 saturated carbocycles. The fraction of sp³-hybridized carbons (Fsp3) is 0. The lowest BCUT2D eigenvalue weighted by atomic mass is 10.1. The quantitative estimate of drug-likeness (QED) is 0.661. The van der Waals surface area contributed by atoms with Crippen LogP contribution in [0.3, 0.4) is 0 Å². The van der Waals surface area contributed by atoms with E-state index in [2.05, 4.69) is 40.2 Å². The fourth-order valence-electron chi connectivity index (χ4n) is 1.38. The molecule has 0 nitrogen and oxygen atoms in total. The van der Waals surface area contributed by atoms with Gasteiger partial charge in [0.1, 0.15) is 0 Å². The van der Waals surface area contributed by atoms with Crippen LogP contribution in [-0.4, -0.2) is 0 Å². The summed E-state index contributed by atoms with van der Waals surface area (Å²) in [6, 6.07) is 16.0. The third kappa shape index (κ3) is 3.22. The molecule has 2 aromatic carbocycles. The minimum absolute atomic E-state index is 0.764. The Labute approximate surface area is 109 Å². The van der Waals surface area contributed by atoms with Crippen LogP contribution >= 0.6 is 27.5 Å². The molecule has 0 spiro atoms. The van der Waals surface area contributed by atoms with Crippen molar-refractivity contribution in [2.24, 2.45) is 0 Å². The van der Waals surface area contributed by atoms with Gasteiger partial charge in [0, 0.05) is 9.50 Å². The molecular formula is C14H10BrCl. The van der Waals surface area contributed by atoms with Crippen LogP contribution in [0.4, 0.5) is 0 Å². The van der Waals surface area contributed by atoms with E-state index in [1.54, 1.807) is 0 Å². The molecule has 0 N–H and O–H groups in total. The summed E-state index contributed by atoms with van der Waals surface area (Å²) in [5, 5.41) is 0.764. The number of rotatable bonds is 2. The summed E-state index contributed by atoms with van der Waals surface area (Å²) in [6.45, 7) is 0. The normalized spacial score (nSPS) is 10.9. The highest BCUT2D eigenvalue weighted by molar-refractivity contribution is 9.10. The molecule has 0 unspecified atom stereocenters. The van der Waals surface area contributed by atoms with Gasteiger partial charge in [-0.2, -0.15) is 0 Å². The predicted octanol–water partition coefficient (Wildman–Crippen LogP) is 5.27. The summed E-state index contributed by atoms with van der Waals surface area (Å²) in [6.07, 6.45) is 4.14. The number of halogens is 2. The van der Waals surface area contributed by atoms with Gasteiger partial charge in [-0.05, 0) is 35.4 Å². The maximum atomic E-state index is 5.82. The molecule has 2 rings (SSSR count). The van der Waals surface area contributed by atoms with E-state index in [1.807, 2.05) is 36.4 Å². The minimum Gasteiger partial charge on any atom is -0.0843 e. The third-order valence-electron chi connectivity index (χ3n) is 2.19. The van der Waals surface area contributed by atoms with E-state index in [1.165, 1.54) is 5.56 Å². The first-order valence-electron chi connectivity index (χ1n) is 4.93. The zero-order valence-electron chi connectivity index (χ0n) is 8.53. The number of hydrogen-bond donors (Lipinski definition) is 0. The molecule has 0 aliphatic heterocycles. The Hall–Kier alpha value is -1.05. The lowest BCUT2D eigenvalue weighted by molar-refractivity contribution is 1.61. The molecule has 0 atom stereocenters. The fourth-order valence-corrected chi connectivity index (χ4v) is 1.92. The average Bonchev–Trinajstić information content (AvgIpc) is 2.28. The van der Waals surface area contributed by atoms with Gasteiger partial charge in [0.15, 0.2) is 0 Å². The largest absolute Gasteiger partial charge is 0.0843 e. The second-order valence-electron chi connectivity index (χ2n) is 3.44. The Morgan fingerprint density at radius 1 is 0.875 bits per heavy atom.